The minimum atomic E-state index is -0.0654. The summed E-state index contributed by atoms with van der Waals surface area (Å²) in [5, 5.41) is 2.84. The van der Waals surface area contributed by atoms with Gasteiger partial charge in [-0.3, -0.25) is 4.79 Å². The van der Waals surface area contributed by atoms with Gasteiger partial charge in [-0.05, 0) is 24.5 Å². The summed E-state index contributed by atoms with van der Waals surface area (Å²) < 4.78 is 5.43. The first-order valence-electron chi connectivity index (χ1n) is 5.97. The average Bonchev–Trinajstić information content (AvgIpc) is 2.88. The van der Waals surface area contributed by atoms with Gasteiger partial charge >= 0.3 is 0 Å². The van der Waals surface area contributed by atoms with Crippen molar-refractivity contribution in [3.05, 3.63) is 42.0 Å². The molecular weight excluding hydrogens is 214 g/mol. The van der Waals surface area contributed by atoms with Crippen molar-refractivity contribution in [1.82, 2.24) is 5.32 Å². The monoisotopic (exact) mass is 231 g/mol. The molecule has 1 aromatic carbocycles. The van der Waals surface area contributed by atoms with E-state index in [1.165, 1.54) is 0 Å². The van der Waals surface area contributed by atoms with Crippen LogP contribution in [0.3, 0.4) is 0 Å². The van der Waals surface area contributed by atoms with Crippen LogP contribution in [0, 0.1) is 0 Å². The molecule has 0 unspecified atom stereocenters. The Morgan fingerprint density at radius 1 is 1.41 bits per heavy atom. The molecule has 2 rings (SSSR count). The van der Waals surface area contributed by atoms with Crippen LogP contribution < -0.4 is 5.32 Å². The predicted octanol–water partition coefficient (Wildman–Crippen LogP) is 2.00. The van der Waals surface area contributed by atoms with E-state index in [0.29, 0.717) is 6.54 Å². The lowest BCUT2D eigenvalue weighted by Gasteiger charge is -2.08. The maximum absolute atomic E-state index is 11.5. The molecule has 0 aliphatic carbocycles. The Morgan fingerprint density at radius 3 is 2.94 bits per heavy atom. The van der Waals surface area contributed by atoms with E-state index in [0.717, 1.165) is 25.0 Å². The molecule has 1 amide bonds. The second kappa shape index (κ2) is 6.21. The normalized spacial score (nSPS) is 19.6. The van der Waals surface area contributed by atoms with Crippen LogP contribution in [0.4, 0.5) is 0 Å². The highest BCUT2D eigenvalue weighted by Gasteiger charge is 2.15. The summed E-state index contributed by atoms with van der Waals surface area (Å²) in [6.45, 7) is 1.43. The van der Waals surface area contributed by atoms with Crippen LogP contribution in [0.1, 0.15) is 18.4 Å². The highest BCUT2D eigenvalue weighted by atomic mass is 16.5. The molecule has 17 heavy (non-hydrogen) atoms. The molecule has 0 saturated carbocycles. The number of carbonyl (C=O) groups excluding carboxylic acids is 1. The van der Waals surface area contributed by atoms with Crippen LogP contribution in [0.15, 0.2) is 36.4 Å². The molecule has 0 radical (unpaired) electrons. The Balaban J connectivity index is 1.75. The second-order valence-corrected chi connectivity index (χ2v) is 4.12. The smallest absolute Gasteiger partial charge is 0.244 e. The number of nitrogens with one attached hydrogen (secondary N) is 1. The Bertz CT molecular complexity index is 380. The van der Waals surface area contributed by atoms with Gasteiger partial charge in [-0.2, -0.15) is 0 Å². The number of hydrogen-bond donors (Lipinski definition) is 1. The summed E-state index contributed by atoms with van der Waals surface area (Å²) in [5.74, 6) is -0.0654. The fraction of sp³-hybridized carbons (Fsp3) is 0.357. The molecule has 1 fully saturated rings. The van der Waals surface area contributed by atoms with E-state index in [4.69, 9.17) is 4.74 Å². The summed E-state index contributed by atoms with van der Waals surface area (Å²) in [6, 6.07) is 9.77. The van der Waals surface area contributed by atoms with E-state index < -0.39 is 0 Å². The number of hydrogen-bond acceptors (Lipinski definition) is 2. The number of ether oxygens (including phenoxy) is 1. The molecule has 90 valence electrons. The van der Waals surface area contributed by atoms with Crippen LogP contribution in [0.2, 0.25) is 0 Å². The standard InChI is InChI=1S/C14H17NO2/c16-14(15-11-13-7-4-10-17-13)9-8-12-5-2-1-3-6-12/h1-3,5-6,8-9,13H,4,7,10-11H2,(H,15,16)/t13-/m0/s1. The maximum Gasteiger partial charge on any atom is 0.244 e. The molecule has 3 heteroatoms. The fourth-order valence-corrected chi connectivity index (χ4v) is 1.81. The lowest BCUT2D eigenvalue weighted by Crippen LogP contribution is -2.30. The van der Waals surface area contributed by atoms with Crippen molar-refractivity contribution < 1.29 is 9.53 Å². The summed E-state index contributed by atoms with van der Waals surface area (Å²) in [7, 11) is 0. The van der Waals surface area contributed by atoms with Crippen molar-refractivity contribution in [3.8, 4) is 0 Å². The van der Waals surface area contributed by atoms with Gasteiger partial charge in [0.15, 0.2) is 0 Å². The van der Waals surface area contributed by atoms with Gasteiger partial charge in [-0.1, -0.05) is 30.3 Å². The predicted molar refractivity (Wildman–Crippen MR) is 67.5 cm³/mol. The van der Waals surface area contributed by atoms with Gasteiger partial charge in [0.05, 0.1) is 6.10 Å². The fourth-order valence-electron chi connectivity index (χ4n) is 1.81. The number of benzene rings is 1. The van der Waals surface area contributed by atoms with E-state index in [-0.39, 0.29) is 12.0 Å². The Hall–Kier alpha value is -1.61. The summed E-state index contributed by atoms with van der Waals surface area (Å²) >= 11 is 0. The number of rotatable bonds is 4. The molecule has 3 nitrogen and oxygen atoms in total. The molecule has 0 bridgehead atoms. The van der Waals surface area contributed by atoms with Gasteiger partial charge in [-0.15, -0.1) is 0 Å². The average molecular weight is 231 g/mol. The summed E-state index contributed by atoms with van der Waals surface area (Å²) in [6.07, 6.45) is 5.71. The zero-order chi connectivity index (χ0) is 11.9. The highest BCUT2D eigenvalue weighted by molar-refractivity contribution is 5.91. The van der Waals surface area contributed by atoms with Gasteiger partial charge in [0.2, 0.25) is 5.91 Å². The maximum atomic E-state index is 11.5. The van der Waals surface area contributed by atoms with Crippen LogP contribution in [-0.2, 0) is 9.53 Å². The van der Waals surface area contributed by atoms with Crippen molar-refractivity contribution in [1.29, 1.82) is 0 Å². The number of carbonyl (C=O) groups is 1. The molecule has 1 saturated heterocycles. The van der Waals surface area contributed by atoms with Crippen molar-refractivity contribution >= 4 is 12.0 Å². The summed E-state index contributed by atoms with van der Waals surface area (Å²) in [5.41, 5.74) is 1.03. The zero-order valence-electron chi connectivity index (χ0n) is 9.76. The molecule has 0 spiro atoms. The van der Waals surface area contributed by atoms with Crippen LogP contribution in [-0.4, -0.2) is 25.2 Å². The third-order valence-corrected chi connectivity index (χ3v) is 2.75. The Morgan fingerprint density at radius 2 is 2.24 bits per heavy atom. The number of amides is 1. The van der Waals surface area contributed by atoms with Crippen molar-refractivity contribution in [2.45, 2.75) is 18.9 Å². The lowest BCUT2D eigenvalue weighted by molar-refractivity contribution is -0.116. The third-order valence-electron chi connectivity index (χ3n) is 2.75. The van der Waals surface area contributed by atoms with Gasteiger partial charge in [0, 0.05) is 19.2 Å². The molecular formula is C14H17NO2. The molecule has 1 aliphatic rings. The first kappa shape index (κ1) is 11.9. The van der Waals surface area contributed by atoms with Crippen molar-refractivity contribution in [3.63, 3.8) is 0 Å². The van der Waals surface area contributed by atoms with Crippen LogP contribution >= 0.6 is 0 Å². The van der Waals surface area contributed by atoms with E-state index >= 15 is 0 Å². The molecule has 1 N–H and O–H groups in total. The lowest BCUT2D eigenvalue weighted by atomic mass is 10.2. The molecule has 1 aromatic rings. The Labute approximate surface area is 101 Å². The zero-order valence-corrected chi connectivity index (χ0v) is 9.76. The minimum Gasteiger partial charge on any atom is -0.376 e. The Kier molecular flexibility index (Phi) is 4.33. The SMILES string of the molecule is O=C(C=Cc1ccccc1)NC[C@@H]1CCCO1. The topological polar surface area (TPSA) is 38.3 Å². The van der Waals surface area contributed by atoms with E-state index in [1.54, 1.807) is 6.08 Å². The van der Waals surface area contributed by atoms with Gasteiger partial charge in [-0.25, -0.2) is 0 Å². The first-order valence-corrected chi connectivity index (χ1v) is 5.97. The van der Waals surface area contributed by atoms with Crippen molar-refractivity contribution in [2.75, 3.05) is 13.2 Å². The third kappa shape index (κ3) is 4.04. The van der Waals surface area contributed by atoms with Gasteiger partial charge in [0.1, 0.15) is 0 Å². The first-order chi connectivity index (χ1) is 8.34. The van der Waals surface area contributed by atoms with Gasteiger partial charge < -0.3 is 10.1 Å². The molecule has 1 aliphatic heterocycles. The van der Waals surface area contributed by atoms with Crippen molar-refractivity contribution in [2.24, 2.45) is 0 Å². The highest BCUT2D eigenvalue weighted by Crippen LogP contribution is 2.10. The van der Waals surface area contributed by atoms with Crippen LogP contribution in [0.25, 0.3) is 6.08 Å². The largest absolute Gasteiger partial charge is 0.376 e. The van der Waals surface area contributed by atoms with E-state index in [9.17, 15) is 4.79 Å². The van der Waals surface area contributed by atoms with Crippen LogP contribution in [0.5, 0.6) is 0 Å². The van der Waals surface area contributed by atoms with E-state index in [1.807, 2.05) is 36.4 Å². The van der Waals surface area contributed by atoms with E-state index in [2.05, 4.69) is 5.32 Å². The second-order valence-electron chi connectivity index (χ2n) is 4.12. The van der Waals surface area contributed by atoms with Gasteiger partial charge in [0.25, 0.3) is 0 Å². The summed E-state index contributed by atoms with van der Waals surface area (Å²) in [4.78, 5) is 11.5. The molecule has 1 atom stereocenters. The minimum absolute atomic E-state index is 0.0654. The molecule has 1 heterocycles. The quantitative estimate of drug-likeness (QED) is 0.805. The molecule has 0 aromatic heterocycles.